The van der Waals surface area contributed by atoms with Crippen molar-refractivity contribution in [2.45, 2.75) is 0 Å². The third-order valence-corrected chi connectivity index (χ3v) is 2.22. The molecule has 0 aliphatic rings. The maximum atomic E-state index is 11.4. The Kier molecular flexibility index (Phi) is 4.08. The van der Waals surface area contributed by atoms with Crippen molar-refractivity contribution < 1.29 is 9.59 Å². The van der Waals surface area contributed by atoms with E-state index in [0.29, 0.717) is 16.3 Å². The number of anilines is 1. The Balaban J connectivity index is 3.02. The minimum atomic E-state index is -0.342. The van der Waals surface area contributed by atoms with Crippen LogP contribution in [0.15, 0.2) is 30.9 Å². The lowest BCUT2D eigenvalue weighted by Crippen LogP contribution is -2.18. The average Bonchev–Trinajstić information content (AvgIpc) is 2.30. The number of rotatable bonds is 3. The van der Waals surface area contributed by atoms with Gasteiger partial charge in [0.2, 0.25) is 5.91 Å². The van der Waals surface area contributed by atoms with Gasteiger partial charge in [-0.25, -0.2) is 0 Å². The van der Waals surface area contributed by atoms with Gasteiger partial charge in [0, 0.05) is 12.7 Å². The molecule has 0 heterocycles. The molecule has 0 aromatic heterocycles. The zero-order chi connectivity index (χ0) is 12.1. The van der Waals surface area contributed by atoms with E-state index in [4.69, 9.17) is 11.6 Å². The molecule has 1 aromatic carbocycles. The zero-order valence-electron chi connectivity index (χ0n) is 8.71. The number of hydrogen-bond donors (Lipinski definition) is 2. The number of hydrogen-bond acceptors (Lipinski definition) is 2. The van der Waals surface area contributed by atoms with Crippen LogP contribution in [0.25, 0.3) is 0 Å². The summed E-state index contributed by atoms with van der Waals surface area (Å²) in [6.45, 7) is 3.33. The number of amides is 2. The largest absolute Gasteiger partial charge is 0.355 e. The van der Waals surface area contributed by atoms with Crippen LogP contribution in [0.2, 0.25) is 5.02 Å². The summed E-state index contributed by atoms with van der Waals surface area (Å²) in [5.41, 5.74) is 0.805. The molecule has 0 aliphatic heterocycles. The lowest BCUT2D eigenvalue weighted by molar-refractivity contribution is -0.111. The van der Waals surface area contributed by atoms with Crippen LogP contribution < -0.4 is 10.6 Å². The molecular weight excluding hydrogens is 228 g/mol. The van der Waals surface area contributed by atoms with Gasteiger partial charge in [-0.15, -0.1) is 0 Å². The minimum Gasteiger partial charge on any atom is -0.355 e. The fourth-order valence-electron chi connectivity index (χ4n) is 1.10. The first kappa shape index (κ1) is 12.3. The van der Waals surface area contributed by atoms with Crippen LogP contribution in [-0.2, 0) is 4.79 Å². The summed E-state index contributed by atoms with van der Waals surface area (Å²) >= 11 is 5.85. The molecule has 0 aliphatic carbocycles. The van der Waals surface area contributed by atoms with Crippen molar-refractivity contribution in [3.8, 4) is 0 Å². The van der Waals surface area contributed by atoms with Crippen LogP contribution in [0.5, 0.6) is 0 Å². The van der Waals surface area contributed by atoms with Crippen molar-refractivity contribution in [3.05, 3.63) is 41.4 Å². The van der Waals surface area contributed by atoms with Crippen LogP contribution >= 0.6 is 11.6 Å². The Morgan fingerprint density at radius 1 is 1.44 bits per heavy atom. The lowest BCUT2D eigenvalue weighted by atomic mass is 10.2. The third-order valence-electron chi connectivity index (χ3n) is 1.89. The average molecular weight is 239 g/mol. The number of carbonyl (C=O) groups excluding carboxylic acids is 2. The molecule has 2 amide bonds. The first-order chi connectivity index (χ1) is 7.58. The highest BCUT2D eigenvalue weighted by molar-refractivity contribution is 6.34. The summed E-state index contributed by atoms with van der Waals surface area (Å²) in [5.74, 6) is -0.648. The molecule has 2 N–H and O–H groups in total. The van der Waals surface area contributed by atoms with Crippen LogP contribution in [0.4, 0.5) is 5.69 Å². The van der Waals surface area contributed by atoms with Crippen LogP contribution in [0, 0.1) is 0 Å². The third kappa shape index (κ3) is 2.84. The molecule has 1 rings (SSSR count). The summed E-state index contributed by atoms with van der Waals surface area (Å²) in [5, 5.41) is 5.33. The molecule has 0 radical (unpaired) electrons. The van der Waals surface area contributed by atoms with E-state index < -0.39 is 0 Å². The number of nitrogens with one attached hydrogen (secondary N) is 2. The van der Waals surface area contributed by atoms with Crippen molar-refractivity contribution in [1.82, 2.24) is 5.32 Å². The quantitative estimate of drug-likeness (QED) is 0.790. The fraction of sp³-hybridized carbons (Fsp3) is 0.0909. The van der Waals surface area contributed by atoms with Gasteiger partial charge in [0.25, 0.3) is 5.91 Å². The Labute approximate surface area is 98.3 Å². The standard InChI is InChI=1S/C11H11ClN2O2/c1-3-10(15)14-7-4-5-9(12)8(6-7)11(16)13-2/h3-6H,1H2,2H3,(H,13,16)(H,14,15). The lowest BCUT2D eigenvalue weighted by Gasteiger charge is -2.06. The van der Waals surface area contributed by atoms with E-state index in [2.05, 4.69) is 17.2 Å². The van der Waals surface area contributed by atoms with Crippen LogP contribution in [0.1, 0.15) is 10.4 Å². The van der Waals surface area contributed by atoms with Crippen LogP contribution in [-0.4, -0.2) is 18.9 Å². The Hall–Kier alpha value is -1.81. The highest BCUT2D eigenvalue weighted by Crippen LogP contribution is 2.20. The normalized spacial score (nSPS) is 9.38. The second-order valence-electron chi connectivity index (χ2n) is 2.97. The summed E-state index contributed by atoms with van der Waals surface area (Å²) in [4.78, 5) is 22.5. The summed E-state index contributed by atoms with van der Waals surface area (Å²) < 4.78 is 0. The van der Waals surface area contributed by atoms with E-state index in [1.54, 1.807) is 12.1 Å². The fourth-order valence-corrected chi connectivity index (χ4v) is 1.31. The van der Waals surface area contributed by atoms with E-state index in [0.717, 1.165) is 6.08 Å². The van der Waals surface area contributed by atoms with E-state index in [9.17, 15) is 9.59 Å². The number of halogens is 1. The van der Waals surface area contributed by atoms with Gasteiger partial charge in [-0.2, -0.15) is 0 Å². The highest BCUT2D eigenvalue weighted by atomic mass is 35.5. The first-order valence-corrected chi connectivity index (χ1v) is 4.91. The van der Waals surface area contributed by atoms with Crippen molar-refractivity contribution >= 4 is 29.1 Å². The molecular formula is C11H11ClN2O2. The molecule has 0 spiro atoms. The smallest absolute Gasteiger partial charge is 0.252 e. The zero-order valence-corrected chi connectivity index (χ0v) is 9.47. The predicted octanol–water partition coefficient (Wildman–Crippen LogP) is 1.82. The number of carbonyl (C=O) groups is 2. The van der Waals surface area contributed by atoms with Gasteiger partial charge in [-0.1, -0.05) is 18.2 Å². The minimum absolute atomic E-state index is 0.306. The molecule has 16 heavy (non-hydrogen) atoms. The predicted molar refractivity (Wildman–Crippen MR) is 63.7 cm³/mol. The van der Waals surface area contributed by atoms with E-state index in [1.807, 2.05) is 0 Å². The van der Waals surface area contributed by atoms with Crippen LogP contribution in [0.3, 0.4) is 0 Å². The second-order valence-corrected chi connectivity index (χ2v) is 3.37. The van der Waals surface area contributed by atoms with Gasteiger partial charge >= 0.3 is 0 Å². The molecule has 84 valence electrons. The van der Waals surface area contributed by atoms with Gasteiger partial charge in [-0.05, 0) is 24.3 Å². The topological polar surface area (TPSA) is 58.2 Å². The van der Waals surface area contributed by atoms with Gasteiger partial charge < -0.3 is 10.6 Å². The first-order valence-electron chi connectivity index (χ1n) is 4.53. The van der Waals surface area contributed by atoms with Gasteiger partial charge in [-0.3, -0.25) is 9.59 Å². The molecule has 0 saturated heterocycles. The molecule has 0 bridgehead atoms. The van der Waals surface area contributed by atoms with E-state index in [-0.39, 0.29) is 11.8 Å². The van der Waals surface area contributed by atoms with Gasteiger partial charge in [0.1, 0.15) is 0 Å². The Morgan fingerprint density at radius 2 is 2.12 bits per heavy atom. The van der Waals surface area contributed by atoms with Crippen molar-refractivity contribution in [2.24, 2.45) is 0 Å². The molecule has 4 nitrogen and oxygen atoms in total. The Morgan fingerprint density at radius 3 is 2.69 bits per heavy atom. The molecule has 5 heteroatoms. The molecule has 0 fully saturated rings. The van der Waals surface area contributed by atoms with Gasteiger partial charge in [0.15, 0.2) is 0 Å². The van der Waals surface area contributed by atoms with Crippen molar-refractivity contribution in [3.63, 3.8) is 0 Å². The summed E-state index contributed by atoms with van der Waals surface area (Å²) in [7, 11) is 1.51. The Bertz CT molecular complexity index is 444. The maximum absolute atomic E-state index is 11.4. The second kappa shape index (κ2) is 5.32. The van der Waals surface area contributed by atoms with Crippen molar-refractivity contribution in [1.29, 1.82) is 0 Å². The highest BCUT2D eigenvalue weighted by Gasteiger charge is 2.09. The van der Waals surface area contributed by atoms with E-state index >= 15 is 0 Å². The SMILES string of the molecule is C=CC(=O)Nc1ccc(Cl)c(C(=O)NC)c1. The maximum Gasteiger partial charge on any atom is 0.252 e. The molecule has 1 aromatic rings. The molecule has 0 atom stereocenters. The summed E-state index contributed by atoms with van der Waals surface area (Å²) in [6.07, 6.45) is 1.15. The summed E-state index contributed by atoms with van der Waals surface area (Å²) in [6, 6.07) is 4.66. The molecule has 0 saturated carbocycles. The van der Waals surface area contributed by atoms with E-state index in [1.165, 1.54) is 13.1 Å². The molecule has 0 unspecified atom stereocenters. The number of benzene rings is 1. The monoisotopic (exact) mass is 238 g/mol. The van der Waals surface area contributed by atoms with Crippen molar-refractivity contribution in [2.75, 3.05) is 12.4 Å². The van der Waals surface area contributed by atoms with Gasteiger partial charge in [0.05, 0.1) is 10.6 Å².